The predicted octanol–water partition coefficient (Wildman–Crippen LogP) is 4.65. The Morgan fingerprint density at radius 1 is 1.09 bits per heavy atom. The Morgan fingerprint density at radius 2 is 1.85 bits per heavy atom. The molecule has 0 aliphatic heterocycles. The van der Waals surface area contributed by atoms with E-state index in [2.05, 4.69) is 13.8 Å². The zero-order valence-electron chi connectivity index (χ0n) is 18.7. The summed E-state index contributed by atoms with van der Waals surface area (Å²) in [5.41, 5.74) is 10.3. The monoisotopic (exact) mass is 445 g/mol. The fourth-order valence-corrected chi connectivity index (χ4v) is 3.96. The number of aromatic nitrogens is 2. The first kappa shape index (κ1) is 22.4. The van der Waals surface area contributed by atoms with Gasteiger partial charge in [0, 0.05) is 34.7 Å². The van der Waals surface area contributed by atoms with Crippen LogP contribution in [0.3, 0.4) is 0 Å². The number of aromatic hydroxyl groups is 1. The van der Waals surface area contributed by atoms with Crippen LogP contribution in [0, 0.1) is 0 Å². The number of para-hydroxylation sites is 2. The first-order valence-corrected chi connectivity index (χ1v) is 10.8. The number of nitrogens with two attached hydrogens (primary N) is 1. The van der Waals surface area contributed by atoms with Gasteiger partial charge in [0.1, 0.15) is 23.8 Å². The molecule has 4 rings (SSSR count). The quantitative estimate of drug-likeness (QED) is 0.364. The SMILES string of the molecule is CC(C)n1nc(COc2ccccc2CC(=O)O)c2cc(-c3cccc(CN)c3O)ccc21. The first-order chi connectivity index (χ1) is 15.9. The number of carboxylic acid groups (broad SMARTS) is 1. The summed E-state index contributed by atoms with van der Waals surface area (Å²) in [5, 5.41) is 25.5. The van der Waals surface area contributed by atoms with E-state index in [9.17, 15) is 15.0 Å². The number of fused-ring (bicyclic) bond motifs is 1. The van der Waals surface area contributed by atoms with Gasteiger partial charge in [-0.15, -0.1) is 0 Å². The van der Waals surface area contributed by atoms with Crippen LogP contribution in [0.25, 0.3) is 22.0 Å². The Bertz CT molecular complexity index is 1310. The van der Waals surface area contributed by atoms with Crippen molar-refractivity contribution in [1.82, 2.24) is 9.78 Å². The molecular formula is C26H27N3O4. The normalized spacial score (nSPS) is 11.3. The third kappa shape index (κ3) is 4.54. The van der Waals surface area contributed by atoms with Crippen LogP contribution in [0.1, 0.15) is 36.7 Å². The fraction of sp³-hybridized carbons (Fsp3) is 0.231. The summed E-state index contributed by atoms with van der Waals surface area (Å²) in [6.45, 7) is 4.56. The van der Waals surface area contributed by atoms with Crippen LogP contribution in [0.15, 0.2) is 60.7 Å². The van der Waals surface area contributed by atoms with Gasteiger partial charge in [0.15, 0.2) is 0 Å². The standard InChI is InChI=1S/C26H27N3O4/c1-16(2)29-23-11-10-17(20-8-5-7-19(14-27)26(20)32)12-21(23)22(28-29)15-33-24-9-4-3-6-18(24)13-25(30)31/h3-12,16,32H,13-15,27H2,1-2H3,(H,30,31). The lowest BCUT2D eigenvalue weighted by molar-refractivity contribution is -0.136. The van der Waals surface area contributed by atoms with Crippen LogP contribution in [-0.2, 0) is 24.4 Å². The Balaban J connectivity index is 1.74. The van der Waals surface area contributed by atoms with E-state index in [-0.39, 0.29) is 31.4 Å². The van der Waals surface area contributed by atoms with Crippen LogP contribution in [0.2, 0.25) is 0 Å². The minimum Gasteiger partial charge on any atom is -0.507 e. The Morgan fingerprint density at radius 3 is 2.58 bits per heavy atom. The average Bonchev–Trinajstić information content (AvgIpc) is 3.16. The molecule has 0 saturated carbocycles. The highest BCUT2D eigenvalue weighted by molar-refractivity contribution is 5.88. The number of nitrogens with zero attached hydrogens (tertiary/aromatic N) is 2. The van der Waals surface area contributed by atoms with Crippen molar-refractivity contribution in [3.8, 4) is 22.6 Å². The van der Waals surface area contributed by atoms with Crippen molar-refractivity contribution < 1.29 is 19.7 Å². The molecule has 7 heteroatoms. The molecule has 7 nitrogen and oxygen atoms in total. The molecule has 3 aromatic carbocycles. The van der Waals surface area contributed by atoms with E-state index in [0.29, 0.717) is 22.4 Å². The smallest absolute Gasteiger partial charge is 0.307 e. The van der Waals surface area contributed by atoms with Gasteiger partial charge < -0.3 is 20.7 Å². The van der Waals surface area contributed by atoms with E-state index >= 15 is 0 Å². The number of aliphatic carboxylic acids is 1. The van der Waals surface area contributed by atoms with Crippen molar-refractivity contribution in [1.29, 1.82) is 0 Å². The summed E-state index contributed by atoms with van der Waals surface area (Å²) >= 11 is 0. The zero-order valence-corrected chi connectivity index (χ0v) is 18.7. The number of benzene rings is 3. The number of rotatable bonds is 8. The second kappa shape index (κ2) is 9.34. The topological polar surface area (TPSA) is 111 Å². The maximum atomic E-state index is 11.2. The third-order valence-corrected chi connectivity index (χ3v) is 5.60. The highest BCUT2D eigenvalue weighted by Crippen LogP contribution is 2.35. The molecule has 0 saturated heterocycles. The fourth-order valence-electron chi connectivity index (χ4n) is 3.96. The van der Waals surface area contributed by atoms with Gasteiger partial charge >= 0.3 is 5.97 Å². The molecule has 0 spiro atoms. The van der Waals surface area contributed by atoms with E-state index in [0.717, 1.165) is 22.2 Å². The molecule has 0 aliphatic rings. The molecule has 0 atom stereocenters. The van der Waals surface area contributed by atoms with Gasteiger partial charge in [-0.25, -0.2) is 0 Å². The van der Waals surface area contributed by atoms with E-state index in [1.165, 1.54) is 0 Å². The van der Waals surface area contributed by atoms with Crippen LogP contribution < -0.4 is 10.5 Å². The molecule has 170 valence electrons. The van der Waals surface area contributed by atoms with Gasteiger partial charge in [0.2, 0.25) is 0 Å². The predicted molar refractivity (Wildman–Crippen MR) is 127 cm³/mol. The molecule has 0 unspecified atom stereocenters. The molecule has 0 aliphatic carbocycles. The van der Waals surface area contributed by atoms with Crippen molar-refractivity contribution in [3.05, 3.63) is 77.5 Å². The lowest BCUT2D eigenvalue weighted by Crippen LogP contribution is -2.06. The van der Waals surface area contributed by atoms with Crippen molar-refractivity contribution in [2.75, 3.05) is 0 Å². The van der Waals surface area contributed by atoms with Crippen LogP contribution in [0.5, 0.6) is 11.5 Å². The summed E-state index contributed by atoms with van der Waals surface area (Å²) in [6, 6.07) is 18.8. The molecule has 0 radical (unpaired) electrons. The maximum absolute atomic E-state index is 11.2. The van der Waals surface area contributed by atoms with Crippen LogP contribution in [0.4, 0.5) is 0 Å². The van der Waals surface area contributed by atoms with Gasteiger partial charge in [-0.05, 0) is 37.6 Å². The molecule has 0 bridgehead atoms. The molecule has 33 heavy (non-hydrogen) atoms. The highest BCUT2D eigenvalue weighted by Gasteiger charge is 2.17. The first-order valence-electron chi connectivity index (χ1n) is 10.8. The largest absolute Gasteiger partial charge is 0.507 e. The van der Waals surface area contributed by atoms with Crippen molar-refractivity contribution >= 4 is 16.9 Å². The summed E-state index contributed by atoms with van der Waals surface area (Å²) in [6.07, 6.45) is -0.113. The van der Waals surface area contributed by atoms with Gasteiger partial charge in [0.25, 0.3) is 0 Å². The number of ether oxygens (including phenoxy) is 1. The van der Waals surface area contributed by atoms with Gasteiger partial charge in [-0.3, -0.25) is 9.48 Å². The number of carbonyl (C=O) groups is 1. The molecule has 1 heterocycles. The maximum Gasteiger partial charge on any atom is 0.307 e. The molecule has 0 amide bonds. The Hall–Kier alpha value is -3.84. The second-order valence-corrected chi connectivity index (χ2v) is 8.20. The van der Waals surface area contributed by atoms with Crippen molar-refractivity contribution in [2.45, 2.75) is 39.5 Å². The number of hydrogen-bond acceptors (Lipinski definition) is 5. The third-order valence-electron chi connectivity index (χ3n) is 5.60. The molecule has 4 N–H and O–H groups in total. The minimum atomic E-state index is -0.912. The van der Waals surface area contributed by atoms with E-state index in [4.69, 9.17) is 15.6 Å². The number of phenols is 1. The number of hydrogen-bond donors (Lipinski definition) is 3. The Kier molecular flexibility index (Phi) is 6.33. The van der Waals surface area contributed by atoms with E-state index in [1.807, 2.05) is 47.1 Å². The Labute approximate surface area is 192 Å². The summed E-state index contributed by atoms with van der Waals surface area (Å²) in [5.74, 6) is -0.211. The molecular weight excluding hydrogens is 418 g/mol. The van der Waals surface area contributed by atoms with Crippen LogP contribution in [-0.4, -0.2) is 26.0 Å². The second-order valence-electron chi connectivity index (χ2n) is 8.20. The van der Waals surface area contributed by atoms with Gasteiger partial charge in [-0.2, -0.15) is 5.10 Å². The minimum absolute atomic E-state index is 0.113. The lowest BCUT2D eigenvalue weighted by atomic mass is 9.99. The zero-order chi connectivity index (χ0) is 23.5. The van der Waals surface area contributed by atoms with E-state index in [1.54, 1.807) is 18.2 Å². The molecule has 1 aromatic heterocycles. The summed E-state index contributed by atoms with van der Waals surface area (Å²) < 4.78 is 7.97. The van der Waals surface area contributed by atoms with Crippen molar-refractivity contribution in [3.63, 3.8) is 0 Å². The highest BCUT2D eigenvalue weighted by atomic mass is 16.5. The lowest BCUT2D eigenvalue weighted by Gasteiger charge is -2.10. The van der Waals surface area contributed by atoms with Crippen LogP contribution >= 0.6 is 0 Å². The average molecular weight is 446 g/mol. The van der Waals surface area contributed by atoms with Gasteiger partial charge in [-0.1, -0.05) is 42.5 Å². The summed E-state index contributed by atoms with van der Waals surface area (Å²) in [7, 11) is 0. The number of phenolic OH excluding ortho intramolecular Hbond substituents is 1. The van der Waals surface area contributed by atoms with Crippen molar-refractivity contribution in [2.24, 2.45) is 5.73 Å². The summed E-state index contributed by atoms with van der Waals surface area (Å²) in [4.78, 5) is 11.2. The molecule has 0 fully saturated rings. The van der Waals surface area contributed by atoms with Gasteiger partial charge in [0.05, 0.1) is 11.9 Å². The molecule has 4 aromatic rings. The number of carboxylic acids is 1. The van der Waals surface area contributed by atoms with E-state index < -0.39 is 5.97 Å².